The number of fused-ring (bicyclic) bond motifs is 3. The second kappa shape index (κ2) is 9.89. The summed E-state index contributed by atoms with van der Waals surface area (Å²) in [5, 5.41) is 0. The van der Waals surface area contributed by atoms with Crippen LogP contribution < -0.4 is 14.2 Å². The normalized spacial score (nSPS) is 20.9. The van der Waals surface area contributed by atoms with Crippen molar-refractivity contribution in [2.75, 3.05) is 41.0 Å². The number of carbonyl (C=O) groups excluding carboxylic acids is 1. The van der Waals surface area contributed by atoms with Gasteiger partial charge in [0.1, 0.15) is 11.5 Å². The van der Waals surface area contributed by atoms with Gasteiger partial charge in [0.2, 0.25) is 0 Å². The molecule has 3 aliphatic rings. The maximum absolute atomic E-state index is 13.9. The number of hydrogen-bond donors (Lipinski definition) is 0. The molecule has 1 atom stereocenters. The van der Waals surface area contributed by atoms with Crippen LogP contribution in [-0.4, -0.2) is 67.2 Å². The lowest BCUT2D eigenvalue weighted by Gasteiger charge is -2.44. The Morgan fingerprint density at radius 2 is 1.76 bits per heavy atom. The van der Waals surface area contributed by atoms with Gasteiger partial charge in [0.25, 0.3) is 0 Å². The van der Waals surface area contributed by atoms with Gasteiger partial charge in [-0.2, -0.15) is 0 Å². The monoisotopic (exact) mass is 509 g/mol. The van der Waals surface area contributed by atoms with Crippen molar-refractivity contribution in [3.05, 3.63) is 64.6 Å². The fourth-order valence-corrected chi connectivity index (χ4v) is 6.41. The number of halogens is 1. The minimum atomic E-state index is -0.350. The van der Waals surface area contributed by atoms with Crippen LogP contribution >= 0.6 is 0 Å². The largest absolute Gasteiger partial charge is 0.497 e. The Hall–Kier alpha value is -3.26. The Bertz CT molecular complexity index is 1220. The Kier molecular flexibility index (Phi) is 6.79. The van der Waals surface area contributed by atoms with E-state index in [1.165, 1.54) is 13.2 Å². The van der Waals surface area contributed by atoms with Crippen molar-refractivity contribution in [3.8, 4) is 17.2 Å². The van der Waals surface area contributed by atoms with Crippen molar-refractivity contribution in [2.24, 2.45) is 0 Å². The SMILES string of the molecule is CCN1C(=O)N2Cc3cc(OC)cc(OC)c3[C@H](C)C=C2C12CCN(Cc1ccc(F)c(OC)c1)CC2. The smallest absolute Gasteiger partial charge is 0.325 e. The van der Waals surface area contributed by atoms with Crippen LogP contribution in [0.5, 0.6) is 17.2 Å². The van der Waals surface area contributed by atoms with E-state index in [1.54, 1.807) is 20.3 Å². The van der Waals surface area contributed by atoms with Gasteiger partial charge in [-0.25, -0.2) is 9.18 Å². The van der Waals surface area contributed by atoms with E-state index in [9.17, 15) is 9.18 Å². The Balaban J connectivity index is 1.44. The standard InChI is InChI=1S/C29H36FN3O4/c1-6-33-28(34)32-18-21-15-22(35-3)16-25(37-5)27(21)19(2)13-26(32)29(33)9-11-31(12-10-29)17-20-7-8-23(30)24(14-20)36-4/h7-8,13-16,19H,6,9-12,17-18H2,1-5H3/t19-/m1/s1. The first-order chi connectivity index (χ1) is 17.8. The van der Waals surface area contributed by atoms with Crippen LogP contribution in [0.3, 0.4) is 0 Å². The molecule has 3 heterocycles. The summed E-state index contributed by atoms with van der Waals surface area (Å²) in [6, 6.07) is 9.06. The molecule has 2 aromatic carbocycles. The third kappa shape index (κ3) is 4.21. The molecule has 5 rings (SSSR count). The number of methoxy groups -OCH3 is 3. The van der Waals surface area contributed by atoms with Crippen LogP contribution in [-0.2, 0) is 13.1 Å². The Morgan fingerprint density at radius 3 is 2.41 bits per heavy atom. The summed E-state index contributed by atoms with van der Waals surface area (Å²) >= 11 is 0. The van der Waals surface area contributed by atoms with Crippen molar-refractivity contribution < 1.29 is 23.4 Å². The molecule has 0 aromatic heterocycles. The Morgan fingerprint density at radius 1 is 1.03 bits per heavy atom. The van der Waals surface area contributed by atoms with Crippen molar-refractivity contribution in [1.29, 1.82) is 0 Å². The van der Waals surface area contributed by atoms with Gasteiger partial charge in [-0.1, -0.05) is 19.1 Å². The van der Waals surface area contributed by atoms with Crippen molar-refractivity contribution in [1.82, 2.24) is 14.7 Å². The highest BCUT2D eigenvalue weighted by molar-refractivity contribution is 5.83. The number of likely N-dealkylation sites (tertiary alicyclic amines) is 1. The molecule has 0 unspecified atom stereocenters. The van der Waals surface area contributed by atoms with Crippen LogP contribution in [0, 0.1) is 5.82 Å². The molecule has 2 amide bonds. The highest BCUT2D eigenvalue weighted by Gasteiger charge is 2.54. The molecule has 0 aliphatic carbocycles. The van der Waals surface area contributed by atoms with E-state index < -0.39 is 0 Å². The number of nitrogens with zero attached hydrogens (tertiary/aromatic N) is 3. The summed E-state index contributed by atoms with van der Waals surface area (Å²) in [5.41, 5.74) is 3.95. The van der Waals surface area contributed by atoms with Crippen LogP contribution in [0.1, 0.15) is 49.3 Å². The summed E-state index contributed by atoms with van der Waals surface area (Å²) in [6.45, 7) is 7.79. The summed E-state index contributed by atoms with van der Waals surface area (Å²) in [5.74, 6) is 1.52. The summed E-state index contributed by atoms with van der Waals surface area (Å²) in [4.78, 5) is 20.2. The molecule has 0 saturated carbocycles. The van der Waals surface area contributed by atoms with Crippen LogP contribution in [0.4, 0.5) is 9.18 Å². The maximum atomic E-state index is 13.9. The van der Waals surface area contributed by atoms with E-state index in [0.717, 1.165) is 59.8 Å². The third-order valence-corrected chi connectivity index (χ3v) is 8.22. The highest BCUT2D eigenvalue weighted by atomic mass is 19.1. The molecular formula is C29H36FN3O4. The zero-order chi connectivity index (χ0) is 26.3. The van der Waals surface area contributed by atoms with Gasteiger partial charge < -0.3 is 19.1 Å². The topological polar surface area (TPSA) is 54.5 Å². The second-order valence-corrected chi connectivity index (χ2v) is 10.1. The van der Waals surface area contributed by atoms with Crippen LogP contribution in [0.15, 0.2) is 42.1 Å². The predicted molar refractivity (Wildman–Crippen MR) is 140 cm³/mol. The molecule has 3 aliphatic heterocycles. The molecular weight excluding hydrogens is 473 g/mol. The van der Waals surface area contributed by atoms with Gasteiger partial charge in [-0.3, -0.25) is 9.80 Å². The van der Waals surface area contributed by atoms with Gasteiger partial charge in [0.05, 0.1) is 33.4 Å². The van der Waals surface area contributed by atoms with Gasteiger partial charge in [0.15, 0.2) is 11.6 Å². The van der Waals surface area contributed by atoms with Crippen LogP contribution in [0.2, 0.25) is 0 Å². The first-order valence-corrected chi connectivity index (χ1v) is 13.0. The van der Waals surface area contributed by atoms with E-state index in [-0.39, 0.29) is 29.1 Å². The number of ether oxygens (including phenoxy) is 3. The van der Waals surface area contributed by atoms with Gasteiger partial charge in [0, 0.05) is 49.4 Å². The first kappa shape index (κ1) is 25.4. The predicted octanol–water partition coefficient (Wildman–Crippen LogP) is 5.14. The number of urea groups is 1. The fraction of sp³-hybridized carbons (Fsp3) is 0.483. The highest BCUT2D eigenvalue weighted by Crippen LogP contribution is 2.49. The second-order valence-electron chi connectivity index (χ2n) is 10.1. The third-order valence-electron chi connectivity index (χ3n) is 8.22. The van der Waals surface area contributed by atoms with Crippen molar-refractivity contribution in [3.63, 3.8) is 0 Å². The minimum absolute atomic E-state index is 0.0623. The van der Waals surface area contributed by atoms with E-state index in [1.807, 2.05) is 23.1 Å². The molecule has 198 valence electrons. The van der Waals surface area contributed by atoms with Crippen LogP contribution in [0.25, 0.3) is 0 Å². The first-order valence-electron chi connectivity index (χ1n) is 13.0. The van der Waals surface area contributed by atoms with Gasteiger partial charge in [-0.05, 0) is 49.1 Å². The summed E-state index contributed by atoms with van der Waals surface area (Å²) in [7, 11) is 4.81. The molecule has 0 radical (unpaired) electrons. The molecule has 2 saturated heterocycles. The number of piperidine rings is 1. The minimum Gasteiger partial charge on any atom is -0.497 e. The number of amides is 2. The average Bonchev–Trinajstić information content (AvgIpc) is 3.01. The van der Waals surface area contributed by atoms with Gasteiger partial charge in [-0.15, -0.1) is 0 Å². The number of rotatable bonds is 6. The quantitative estimate of drug-likeness (QED) is 0.540. The lowest BCUT2D eigenvalue weighted by Crippen LogP contribution is -2.53. The number of hydrogen-bond acceptors (Lipinski definition) is 5. The van der Waals surface area contributed by atoms with E-state index in [0.29, 0.717) is 19.6 Å². The molecule has 37 heavy (non-hydrogen) atoms. The zero-order valence-corrected chi connectivity index (χ0v) is 22.3. The summed E-state index contributed by atoms with van der Waals surface area (Å²) in [6.07, 6.45) is 3.96. The Labute approximate surface area is 218 Å². The lowest BCUT2D eigenvalue weighted by atomic mass is 9.82. The number of carbonyl (C=O) groups is 1. The van der Waals surface area contributed by atoms with Gasteiger partial charge >= 0.3 is 6.03 Å². The van der Waals surface area contributed by atoms with E-state index in [2.05, 4.69) is 29.7 Å². The molecule has 0 bridgehead atoms. The fourth-order valence-electron chi connectivity index (χ4n) is 6.41. The zero-order valence-electron chi connectivity index (χ0n) is 22.3. The molecule has 0 N–H and O–H groups in total. The number of benzene rings is 2. The average molecular weight is 510 g/mol. The lowest BCUT2D eigenvalue weighted by molar-refractivity contribution is 0.0887. The molecule has 2 aromatic rings. The van der Waals surface area contributed by atoms with Crippen molar-refractivity contribution >= 4 is 6.03 Å². The molecule has 7 nitrogen and oxygen atoms in total. The molecule has 1 spiro atoms. The number of likely N-dealkylation sites (N-methyl/N-ethyl adjacent to an activating group) is 1. The van der Waals surface area contributed by atoms with E-state index >= 15 is 0 Å². The number of allylic oxidation sites excluding steroid dienone is 1. The molecule has 8 heteroatoms. The molecule has 2 fully saturated rings. The maximum Gasteiger partial charge on any atom is 0.325 e. The van der Waals surface area contributed by atoms with Crippen molar-refractivity contribution in [2.45, 2.75) is 51.2 Å². The van der Waals surface area contributed by atoms with E-state index in [4.69, 9.17) is 14.2 Å². The summed E-state index contributed by atoms with van der Waals surface area (Å²) < 4.78 is 30.3.